The SMILES string of the molecule is CC(C)(C)c1cccc(C(O)C(F)(F)F)c1. The maximum atomic E-state index is 12.3. The largest absolute Gasteiger partial charge is 0.418 e. The standard InChI is InChI=1S/C12H15F3O/c1-11(2,3)9-6-4-5-8(7-9)10(16)12(13,14)15/h4-7,10,16H,1-3H3. The maximum Gasteiger partial charge on any atom is 0.418 e. The highest BCUT2D eigenvalue weighted by Gasteiger charge is 2.39. The topological polar surface area (TPSA) is 20.2 Å². The van der Waals surface area contributed by atoms with E-state index in [1.54, 1.807) is 6.07 Å². The third kappa shape index (κ3) is 2.98. The second kappa shape index (κ2) is 4.09. The third-order valence-corrected chi connectivity index (χ3v) is 2.38. The molecule has 90 valence electrons. The smallest absolute Gasteiger partial charge is 0.379 e. The van der Waals surface area contributed by atoms with Crippen LogP contribution < -0.4 is 0 Å². The summed E-state index contributed by atoms with van der Waals surface area (Å²) in [6.45, 7) is 5.73. The fourth-order valence-electron chi connectivity index (χ4n) is 1.36. The van der Waals surface area contributed by atoms with Gasteiger partial charge in [-0.2, -0.15) is 13.2 Å². The van der Waals surface area contributed by atoms with Crippen LogP contribution in [0, 0.1) is 0 Å². The van der Waals surface area contributed by atoms with Crippen molar-refractivity contribution in [2.24, 2.45) is 0 Å². The van der Waals surface area contributed by atoms with E-state index in [-0.39, 0.29) is 11.0 Å². The van der Waals surface area contributed by atoms with Crippen molar-refractivity contribution in [2.45, 2.75) is 38.5 Å². The summed E-state index contributed by atoms with van der Waals surface area (Å²) in [6, 6.07) is 5.98. The van der Waals surface area contributed by atoms with Crippen molar-refractivity contribution in [1.82, 2.24) is 0 Å². The van der Waals surface area contributed by atoms with Gasteiger partial charge in [0.15, 0.2) is 6.10 Å². The first kappa shape index (κ1) is 13.0. The molecule has 0 heterocycles. The van der Waals surface area contributed by atoms with Gasteiger partial charge in [-0.05, 0) is 16.5 Å². The van der Waals surface area contributed by atoms with Gasteiger partial charge in [-0.3, -0.25) is 0 Å². The van der Waals surface area contributed by atoms with Gasteiger partial charge in [-0.25, -0.2) is 0 Å². The fraction of sp³-hybridized carbons (Fsp3) is 0.500. The van der Waals surface area contributed by atoms with Crippen LogP contribution in [0.25, 0.3) is 0 Å². The van der Waals surface area contributed by atoms with Crippen molar-refractivity contribution in [2.75, 3.05) is 0 Å². The molecule has 1 aromatic carbocycles. The summed E-state index contributed by atoms with van der Waals surface area (Å²) in [7, 11) is 0. The summed E-state index contributed by atoms with van der Waals surface area (Å²) in [6.07, 6.45) is -7.02. The Labute approximate surface area is 92.9 Å². The van der Waals surface area contributed by atoms with Crippen molar-refractivity contribution in [3.8, 4) is 0 Å². The molecule has 1 aromatic rings. The fourth-order valence-corrected chi connectivity index (χ4v) is 1.36. The van der Waals surface area contributed by atoms with E-state index >= 15 is 0 Å². The molecular formula is C12H15F3O. The number of halogens is 3. The molecule has 1 unspecified atom stereocenters. The molecule has 0 radical (unpaired) electrons. The van der Waals surface area contributed by atoms with Crippen LogP contribution in [0.15, 0.2) is 24.3 Å². The lowest BCUT2D eigenvalue weighted by Crippen LogP contribution is -2.21. The maximum absolute atomic E-state index is 12.3. The molecule has 0 saturated carbocycles. The van der Waals surface area contributed by atoms with Crippen LogP contribution in [0.2, 0.25) is 0 Å². The van der Waals surface area contributed by atoms with Crippen molar-refractivity contribution in [3.05, 3.63) is 35.4 Å². The number of aliphatic hydroxyl groups excluding tert-OH is 1. The first-order valence-electron chi connectivity index (χ1n) is 4.97. The summed E-state index contributed by atoms with van der Waals surface area (Å²) in [4.78, 5) is 0. The van der Waals surface area contributed by atoms with E-state index in [0.29, 0.717) is 0 Å². The third-order valence-electron chi connectivity index (χ3n) is 2.38. The van der Waals surface area contributed by atoms with Crippen LogP contribution in [0.5, 0.6) is 0 Å². The lowest BCUT2D eigenvalue weighted by molar-refractivity contribution is -0.206. The molecule has 1 N–H and O–H groups in total. The minimum Gasteiger partial charge on any atom is -0.379 e. The van der Waals surface area contributed by atoms with Crippen LogP contribution in [-0.4, -0.2) is 11.3 Å². The molecule has 16 heavy (non-hydrogen) atoms. The van der Waals surface area contributed by atoms with E-state index in [1.165, 1.54) is 18.2 Å². The van der Waals surface area contributed by atoms with E-state index in [4.69, 9.17) is 5.11 Å². The average molecular weight is 232 g/mol. The van der Waals surface area contributed by atoms with E-state index in [0.717, 1.165) is 5.56 Å². The highest BCUT2D eigenvalue weighted by Crippen LogP contribution is 2.34. The van der Waals surface area contributed by atoms with Gasteiger partial charge < -0.3 is 5.11 Å². The Hall–Kier alpha value is -1.03. The Morgan fingerprint density at radius 1 is 1.12 bits per heavy atom. The van der Waals surface area contributed by atoms with Crippen molar-refractivity contribution in [3.63, 3.8) is 0 Å². The monoisotopic (exact) mass is 232 g/mol. The highest BCUT2D eigenvalue weighted by atomic mass is 19.4. The minimum atomic E-state index is -4.61. The Morgan fingerprint density at radius 3 is 2.12 bits per heavy atom. The predicted octanol–water partition coefficient (Wildman–Crippen LogP) is 3.58. The van der Waals surface area contributed by atoms with Gasteiger partial charge in [0.25, 0.3) is 0 Å². The summed E-state index contributed by atoms with van der Waals surface area (Å²) in [5.74, 6) is 0. The van der Waals surface area contributed by atoms with Crippen LogP contribution in [0.3, 0.4) is 0 Å². The average Bonchev–Trinajstić information content (AvgIpc) is 2.14. The van der Waals surface area contributed by atoms with Gasteiger partial charge in [0.1, 0.15) is 0 Å². The molecule has 0 fully saturated rings. The van der Waals surface area contributed by atoms with Gasteiger partial charge in [0.05, 0.1) is 0 Å². The Morgan fingerprint density at radius 2 is 1.69 bits per heavy atom. The number of rotatable bonds is 1. The molecule has 0 saturated heterocycles. The lowest BCUT2D eigenvalue weighted by atomic mass is 9.85. The van der Waals surface area contributed by atoms with Crippen molar-refractivity contribution >= 4 is 0 Å². The molecule has 4 heteroatoms. The van der Waals surface area contributed by atoms with Gasteiger partial charge in [0.2, 0.25) is 0 Å². The molecule has 0 aliphatic heterocycles. The molecule has 0 aromatic heterocycles. The van der Waals surface area contributed by atoms with E-state index in [9.17, 15) is 13.2 Å². The summed E-state index contributed by atoms with van der Waals surface area (Å²) in [5.41, 5.74) is 0.426. The van der Waals surface area contributed by atoms with E-state index in [1.807, 2.05) is 20.8 Å². The molecule has 1 nitrogen and oxygen atoms in total. The number of hydrogen-bond acceptors (Lipinski definition) is 1. The van der Waals surface area contributed by atoms with Crippen molar-refractivity contribution in [1.29, 1.82) is 0 Å². The van der Waals surface area contributed by atoms with Crippen LogP contribution in [0.1, 0.15) is 38.0 Å². The Kier molecular flexibility index (Phi) is 3.33. The highest BCUT2D eigenvalue weighted by molar-refractivity contribution is 5.30. The quantitative estimate of drug-likeness (QED) is 0.784. The molecule has 0 aliphatic carbocycles. The number of aliphatic hydroxyl groups is 1. The Bertz CT molecular complexity index is 363. The zero-order valence-electron chi connectivity index (χ0n) is 9.47. The molecule has 1 rings (SSSR count). The van der Waals surface area contributed by atoms with Crippen LogP contribution in [0.4, 0.5) is 13.2 Å². The Balaban J connectivity index is 3.09. The zero-order valence-corrected chi connectivity index (χ0v) is 9.47. The molecular weight excluding hydrogens is 217 g/mol. The molecule has 0 amide bonds. The second-order valence-corrected chi connectivity index (χ2v) is 4.82. The van der Waals surface area contributed by atoms with Crippen LogP contribution in [-0.2, 0) is 5.41 Å². The van der Waals surface area contributed by atoms with Gasteiger partial charge in [0, 0.05) is 0 Å². The normalized spacial score (nSPS) is 14.9. The van der Waals surface area contributed by atoms with E-state index in [2.05, 4.69) is 0 Å². The number of alkyl halides is 3. The van der Waals surface area contributed by atoms with Gasteiger partial charge in [-0.1, -0.05) is 45.0 Å². The van der Waals surface area contributed by atoms with Crippen molar-refractivity contribution < 1.29 is 18.3 Å². The summed E-state index contributed by atoms with van der Waals surface area (Å²) < 4.78 is 36.9. The molecule has 0 aliphatic rings. The zero-order chi connectivity index (χ0) is 12.6. The number of benzene rings is 1. The van der Waals surface area contributed by atoms with Gasteiger partial charge in [-0.15, -0.1) is 0 Å². The number of hydrogen-bond donors (Lipinski definition) is 1. The predicted molar refractivity (Wildman–Crippen MR) is 56.2 cm³/mol. The second-order valence-electron chi connectivity index (χ2n) is 4.82. The summed E-state index contributed by atoms with van der Waals surface area (Å²) in [5, 5.41) is 9.12. The van der Waals surface area contributed by atoms with Gasteiger partial charge >= 0.3 is 6.18 Å². The lowest BCUT2D eigenvalue weighted by Gasteiger charge is -2.21. The first-order valence-corrected chi connectivity index (χ1v) is 4.97. The van der Waals surface area contributed by atoms with Crippen LogP contribution >= 0.6 is 0 Å². The molecule has 0 spiro atoms. The minimum absolute atomic E-state index is 0.111. The summed E-state index contributed by atoms with van der Waals surface area (Å²) >= 11 is 0. The molecule has 1 atom stereocenters. The first-order chi connectivity index (χ1) is 7.12. The van der Waals surface area contributed by atoms with E-state index < -0.39 is 12.3 Å². The molecule has 0 bridgehead atoms.